The smallest absolute Gasteiger partial charge is 0.177 e. The predicted molar refractivity (Wildman–Crippen MR) is 115 cm³/mol. The van der Waals surface area contributed by atoms with E-state index in [9.17, 15) is 0 Å². The molecular formula is C22H30N6. The van der Waals surface area contributed by atoms with E-state index in [1.54, 1.807) is 10.7 Å². The SMILES string of the molecule is CC(C)(C)c1ccc(Nc2c3nccn3nc(N)c2[C@H]2CC[C@H](N)CC2)cc1. The Balaban J connectivity index is 1.74. The Bertz CT molecular complexity index is 959. The monoisotopic (exact) mass is 378 g/mol. The lowest BCUT2D eigenvalue weighted by Crippen LogP contribution is -2.26. The first kappa shape index (κ1) is 18.7. The van der Waals surface area contributed by atoms with Crippen molar-refractivity contribution in [3.8, 4) is 0 Å². The second-order valence-corrected chi connectivity index (χ2v) is 8.93. The van der Waals surface area contributed by atoms with E-state index in [1.165, 1.54) is 5.56 Å². The van der Waals surface area contributed by atoms with Gasteiger partial charge in [0.15, 0.2) is 5.65 Å². The molecule has 0 aliphatic heterocycles. The van der Waals surface area contributed by atoms with Gasteiger partial charge in [-0.3, -0.25) is 0 Å². The van der Waals surface area contributed by atoms with Crippen molar-refractivity contribution in [2.24, 2.45) is 5.73 Å². The molecule has 1 aromatic carbocycles. The molecule has 0 bridgehead atoms. The molecule has 5 N–H and O–H groups in total. The van der Waals surface area contributed by atoms with Crippen LogP contribution in [0, 0.1) is 0 Å². The Hall–Kier alpha value is -2.60. The van der Waals surface area contributed by atoms with Crippen LogP contribution in [0.3, 0.4) is 0 Å². The number of hydrogen-bond acceptors (Lipinski definition) is 5. The highest BCUT2D eigenvalue weighted by molar-refractivity contribution is 5.80. The van der Waals surface area contributed by atoms with Crippen LogP contribution in [-0.2, 0) is 5.41 Å². The zero-order chi connectivity index (χ0) is 19.9. The molecule has 28 heavy (non-hydrogen) atoms. The molecule has 0 unspecified atom stereocenters. The molecule has 1 aliphatic carbocycles. The number of benzene rings is 1. The second kappa shape index (κ2) is 7.09. The predicted octanol–water partition coefficient (Wildman–Crippen LogP) is 4.34. The minimum atomic E-state index is 0.127. The van der Waals surface area contributed by atoms with Crippen LogP contribution >= 0.6 is 0 Å². The van der Waals surface area contributed by atoms with Crippen LogP contribution in [-0.4, -0.2) is 20.6 Å². The quantitative estimate of drug-likeness (QED) is 0.630. The standard InChI is InChI=1S/C22H30N6/c1-22(2,3)15-6-10-17(11-7-15)26-19-18(14-4-8-16(23)9-5-14)20(24)27-28-13-12-25-21(19)28/h6-7,10-14,16,26H,4-5,8-9,23H2,1-3H3,(H2,24,27)/t14-,16-. The Kier molecular flexibility index (Phi) is 4.75. The zero-order valence-electron chi connectivity index (χ0n) is 16.9. The normalized spacial score (nSPS) is 20.4. The van der Waals surface area contributed by atoms with E-state index in [0.29, 0.717) is 17.8 Å². The van der Waals surface area contributed by atoms with Crippen LogP contribution in [0.2, 0.25) is 0 Å². The summed E-state index contributed by atoms with van der Waals surface area (Å²) in [4.78, 5) is 4.54. The van der Waals surface area contributed by atoms with Crippen molar-refractivity contribution in [2.75, 3.05) is 11.1 Å². The first-order valence-corrected chi connectivity index (χ1v) is 10.1. The van der Waals surface area contributed by atoms with E-state index < -0.39 is 0 Å². The fourth-order valence-corrected chi connectivity index (χ4v) is 4.12. The van der Waals surface area contributed by atoms with Crippen LogP contribution in [0.25, 0.3) is 5.65 Å². The lowest BCUT2D eigenvalue weighted by molar-refractivity contribution is 0.396. The number of fused-ring (bicyclic) bond motifs is 1. The number of nitrogens with one attached hydrogen (secondary N) is 1. The second-order valence-electron chi connectivity index (χ2n) is 8.93. The summed E-state index contributed by atoms with van der Waals surface area (Å²) in [5.41, 5.74) is 17.8. The highest BCUT2D eigenvalue weighted by Crippen LogP contribution is 2.41. The van der Waals surface area contributed by atoms with Gasteiger partial charge < -0.3 is 16.8 Å². The van der Waals surface area contributed by atoms with Crippen molar-refractivity contribution in [1.82, 2.24) is 14.6 Å². The molecule has 6 heteroatoms. The van der Waals surface area contributed by atoms with Gasteiger partial charge in [0.1, 0.15) is 5.82 Å². The van der Waals surface area contributed by atoms with Crippen LogP contribution in [0.4, 0.5) is 17.2 Å². The van der Waals surface area contributed by atoms with Gasteiger partial charge in [-0.05, 0) is 54.7 Å². The molecule has 1 fully saturated rings. The number of nitrogens with two attached hydrogens (primary N) is 2. The van der Waals surface area contributed by atoms with Crippen molar-refractivity contribution in [2.45, 2.75) is 63.8 Å². The van der Waals surface area contributed by atoms with Crippen molar-refractivity contribution >= 4 is 22.8 Å². The van der Waals surface area contributed by atoms with Gasteiger partial charge in [-0.15, -0.1) is 5.10 Å². The highest BCUT2D eigenvalue weighted by Gasteiger charge is 2.27. The van der Waals surface area contributed by atoms with Gasteiger partial charge in [0.25, 0.3) is 0 Å². The molecule has 6 nitrogen and oxygen atoms in total. The molecule has 4 rings (SSSR count). The fraction of sp³-hybridized carbons (Fsp3) is 0.455. The van der Waals surface area contributed by atoms with E-state index in [2.05, 4.69) is 60.4 Å². The average molecular weight is 379 g/mol. The van der Waals surface area contributed by atoms with Crippen molar-refractivity contribution in [1.29, 1.82) is 0 Å². The Morgan fingerprint density at radius 2 is 1.75 bits per heavy atom. The average Bonchev–Trinajstić information content (AvgIpc) is 3.11. The van der Waals surface area contributed by atoms with E-state index in [1.807, 2.05) is 6.20 Å². The molecule has 0 atom stereocenters. The molecule has 148 valence electrons. The maximum absolute atomic E-state index is 6.42. The molecule has 1 saturated carbocycles. The molecule has 2 heterocycles. The molecule has 0 amide bonds. The first-order chi connectivity index (χ1) is 13.3. The first-order valence-electron chi connectivity index (χ1n) is 10.1. The van der Waals surface area contributed by atoms with Gasteiger partial charge in [0, 0.05) is 29.7 Å². The van der Waals surface area contributed by atoms with E-state index >= 15 is 0 Å². The Morgan fingerprint density at radius 1 is 1.07 bits per heavy atom. The molecule has 0 spiro atoms. The summed E-state index contributed by atoms with van der Waals surface area (Å²) in [7, 11) is 0. The molecule has 0 saturated heterocycles. The van der Waals surface area contributed by atoms with E-state index in [0.717, 1.165) is 48.3 Å². The van der Waals surface area contributed by atoms with Crippen molar-refractivity contribution in [3.05, 3.63) is 47.8 Å². The van der Waals surface area contributed by atoms with Crippen molar-refractivity contribution in [3.63, 3.8) is 0 Å². The number of nitrogens with zero attached hydrogens (tertiary/aromatic N) is 3. The van der Waals surface area contributed by atoms with Crippen LogP contribution in [0.15, 0.2) is 36.7 Å². The lowest BCUT2D eigenvalue weighted by atomic mass is 9.81. The summed E-state index contributed by atoms with van der Waals surface area (Å²) in [5.74, 6) is 0.921. The number of nitrogen functional groups attached to an aromatic ring is 1. The van der Waals surface area contributed by atoms with Crippen LogP contribution < -0.4 is 16.8 Å². The minimum absolute atomic E-state index is 0.127. The topological polar surface area (TPSA) is 94.3 Å². The van der Waals surface area contributed by atoms with Crippen molar-refractivity contribution < 1.29 is 0 Å². The largest absolute Gasteiger partial charge is 0.382 e. The van der Waals surface area contributed by atoms with E-state index in [-0.39, 0.29) is 5.41 Å². The van der Waals surface area contributed by atoms with Crippen LogP contribution in [0.5, 0.6) is 0 Å². The van der Waals surface area contributed by atoms with Gasteiger partial charge >= 0.3 is 0 Å². The zero-order valence-corrected chi connectivity index (χ0v) is 16.9. The Morgan fingerprint density at radius 3 is 2.39 bits per heavy atom. The maximum atomic E-state index is 6.42. The Labute approximate surface area is 166 Å². The van der Waals surface area contributed by atoms with Gasteiger partial charge in [-0.2, -0.15) is 0 Å². The molecule has 1 aliphatic rings. The van der Waals surface area contributed by atoms with Gasteiger partial charge in [0.05, 0.1) is 5.69 Å². The third kappa shape index (κ3) is 3.56. The fourth-order valence-electron chi connectivity index (χ4n) is 4.12. The van der Waals surface area contributed by atoms with Gasteiger partial charge in [-0.1, -0.05) is 32.9 Å². The third-order valence-electron chi connectivity index (χ3n) is 5.81. The number of anilines is 3. The molecule has 3 aromatic rings. The number of hydrogen-bond donors (Lipinski definition) is 3. The highest BCUT2D eigenvalue weighted by atomic mass is 15.3. The summed E-state index contributed by atoms with van der Waals surface area (Å²) in [6.07, 6.45) is 7.69. The number of imidazole rings is 1. The molecular weight excluding hydrogens is 348 g/mol. The maximum Gasteiger partial charge on any atom is 0.177 e. The lowest BCUT2D eigenvalue weighted by Gasteiger charge is -2.29. The summed E-state index contributed by atoms with van der Waals surface area (Å²) < 4.78 is 1.75. The summed E-state index contributed by atoms with van der Waals surface area (Å²) >= 11 is 0. The van der Waals surface area contributed by atoms with Gasteiger partial charge in [-0.25, -0.2) is 9.50 Å². The number of rotatable bonds is 3. The summed E-state index contributed by atoms with van der Waals surface area (Å²) in [5, 5.41) is 8.13. The third-order valence-corrected chi connectivity index (χ3v) is 5.81. The summed E-state index contributed by atoms with van der Waals surface area (Å²) in [6, 6.07) is 8.89. The van der Waals surface area contributed by atoms with Crippen LogP contribution in [0.1, 0.15) is 63.5 Å². The van der Waals surface area contributed by atoms with E-state index in [4.69, 9.17) is 11.5 Å². The number of aromatic nitrogens is 3. The van der Waals surface area contributed by atoms with Gasteiger partial charge in [0.2, 0.25) is 0 Å². The summed E-state index contributed by atoms with van der Waals surface area (Å²) in [6.45, 7) is 6.66. The minimum Gasteiger partial charge on any atom is -0.382 e. The molecule has 2 aromatic heterocycles. The molecule has 0 radical (unpaired) electrons.